The number of nitrogens with zero attached hydrogens (tertiary/aromatic N) is 7. The molecule has 3 aromatic heterocycles. The number of hydrogen-bond acceptors (Lipinski definition) is 6. The van der Waals surface area contributed by atoms with E-state index in [1.807, 2.05) is 55.5 Å². The van der Waals surface area contributed by atoms with E-state index < -0.39 is 0 Å². The molecule has 10 nitrogen and oxygen atoms in total. The maximum Gasteiger partial charge on any atom is 0.332 e. The molecule has 1 saturated carbocycles. The fraction of sp³-hybridized carbons (Fsp3) is 0.314. The van der Waals surface area contributed by atoms with E-state index in [1.54, 1.807) is 4.57 Å². The number of nitrogens with one attached hydrogen (secondary N) is 1. The molecule has 7 rings (SSSR count). The van der Waals surface area contributed by atoms with Crippen LogP contribution in [0.15, 0.2) is 88.5 Å². The normalized spacial score (nSPS) is 13.9. The molecule has 6 aromatic rings. The first kappa shape index (κ1) is 28.6. The first-order chi connectivity index (χ1) is 22.1. The maximum atomic E-state index is 14.2. The number of aryl methyl sites for hydroxylation is 2. The maximum absolute atomic E-state index is 14.2. The lowest BCUT2D eigenvalue weighted by atomic mass is 9.88. The summed E-state index contributed by atoms with van der Waals surface area (Å²) >= 11 is 0. The van der Waals surface area contributed by atoms with Crippen molar-refractivity contribution in [2.24, 2.45) is 0 Å². The number of aromatic amines is 1. The zero-order chi connectivity index (χ0) is 30.8. The van der Waals surface area contributed by atoms with Crippen molar-refractivity contribution in [2.45, 2.75) is 71.0 Å². The Balaban J connectivity index is 1.31. The highest BCUT2D eigenvalue weighted by molar-refractivity contribution is 5.80. The van der Waals surface area contributed by atoms with Gasteiger partial charge in [0.15, 0.2) is 17.0 Å². The third kappa shape index (κ3) is 5.52. The fourth-order valence-electron chi connectivity index (χ4n) is 6.69. The van der Waals surface area contributed by atoms with Crippen molar-refractivity contribution in [1.82, 2.24) is 39.3 Å². The molecule has 0 bridgehead atoms. The molecule has 0 amide bonds. The van der Waals surface area contributed by atoms with Crippen LogP contribution in [0, 0.1) is 0 Å². The van der Waals surface area contributed by atoms with Gasteiger partial charge in [0.1, 0.15) is 5.82 Å². The largest absolute Gasteiger partial charge is 0.332 e. The third-order valence-corrected chi connectivity index (χ3v) is 9.03. The molecular formula is C35H36N8O2. The predicted octanol–water partition coefficient (Wildman–Crippen LogP) is 5.57. The Labute approximate surface area is 260 Å². The Morgan fingerprint density at radius 3 is 2.24 bits per heavy atom. The van der Waals surface area contributed by atoms with Crippen molar-refractivity contribution in [3.05, 3.63) is 117 Å². The summed E-state index contributed by atoms with van der Waals surface area (Å²) in [5, 5.41) is 14.4. The molecule has 228 valence electrons. The van der Waals surface area contributed by atoms with Crippen LogP contribution in [0.1, 0.15) is 61.9 Å². The summed E-state index contributed by atoms with van der Waals surface area (Å²) in [6.07, 6.45) is 6.18. The van der Waals surface area contributed by atoms with Gasteiger partial charge in [0.05, 0.1) is 0 Å². The average Bonchev–Trinajstić information content (AvgIpc) is 3.76. The smallest absolute Gasteiger partial charge is 0.317 e. The summed E-state index contributed by atoms with van der Waals surface area (Å²) < 4.78 is 5.17. The Kier molecular flexibility index (Phi) is 7.94. The van der Waals surface area contributed by atoms with Gasteiger partial charge >= 0.3 is 5.69 Å². The number of hydrogen-bond donors (Lipinski definition) is 1. The molecular weight excluding hydrogens is 564 g/mol. The van der Waals surface area contributed by atoms with Crippen molar-refractivity contribution < 1.29 is 0 Å². The van der Waals surface area contributed by atoms with Crippen LogP contribution in [0.25, 0.3) is 33.7 Å². The molecule has 0 radical (unpaired) electrons. The molecule has 0 saturated heterocycles. The van der Waals surface area contributed by atoms with Gasteiger partial charge in [0.25, 0.3) is 5.56 Å². The third-order valence-electron chi connectivity index (χ3n) is 9.03. The van der Waals surface area contributed by atoms with Crippen LogP contribution in [0.4, 0.5) is 0 Å². The number of aromatic nitrogens is 8. The van der Waals surface area contributed by atoms with Crippen LogP contribution in [-0.4, -0.2) is 39.3 Å². The number of H-pyrrole nitrogens is 1. The summed E-state index contributed by atoms with van der Waals surface area (Å²) in [6.45, 7) is 3.19. The predicted molar refractivity (Wildman–Crippen MR) is 174 cm³/mol. The standard InChI is InChI=1S/C35H36N8O2/c1-2-41-33-30(34(44)42(35(41)45)22-21-24-11-5-3-6-12-24)43(32(36-33)27-13-7-4-8-14-27)23-25-17-19-26(20-18-25)28-15-9-10-16-29(28)31-37-39-40-38-31/h3,5-6,9-12,15-20,27H,2,4,7-8,13-14,21-23H2,1H3,(H,37,38,39,40). The molecule has 0 unspecified atom stereocenters. The lowest BCUT2D eigenvalue weighted by molar-refractivity contribution is 0.419. The Bertz CT molecular complexity index is 2030. The molecule has 45 heavy (non-hydrogen) atoms. The molecule has 0 aliphatic heterocycles. The summed E-state index contributed by atoms with van der Waals surface area (Å²) in [4.78, 5) is 32.9. The second-order valence-electron chi connectivity index (χ2n) is 11.8. The van der Waals surface area contributed by atoms with E-state index in [0.717, 1.165) is 59.3 Å². The minimum absolute atomic E-state index is 0.255. The number of imidazole rings is 1. The minimum atomic E-state index is -0.296. The molecule has 10 heteroatoms. The minimum Gasteiger partial charge on any atom is -0.317 e. The van der Waals surface area contributed by atoms with Gasteiger partial charge in [0.2, 0.25) is 0 Å². The van der Waals surface area contributed by atoms with Crippen LogP contribution in [-0.2, 0) is 26.1 Å². The SMILES string of the molecule is CCn1c(=O)n(CCc2ccccc2)c(=O)c2c1nc(C1CCCCC1)n2Cc1ccc(-c2ccccc2-c2nnn[nH]2)cc1. The van der Waals surface area contributed by atoms with E-state index in [1.165, 1.54) is 11.0 Å². The summed E-state index contributed by atoms with van der Waals surface area (Å²) in [6, 6.07) is 26.4. The lowest BCUT2D eigenvalue weighted by Gasteiger charge is -2.22. The highest BCUT2D eigenvalue weighted by Crippen LogP contribution is 2.34. The topological polar surface area (TPSA) is 116 Å². The van der Waals surface area contributed by atoms with Crippen LogP contribution in [0.5, 0.6) is 0 Å². The summed E-state index contributed by atoms with van der Waals surface area (Å²) in [7, 11) is 0. The number of rotatable bonds is 9. The average molecular weight is 601 g/mol. The zero-order valence-electron chi connectivity index (χ0n) is 25.4. The first-order valence-electron chi connectivity index (χ1n) is 15.8. The highest BCUT2D eigenvalue weighted by atomic mass is 16.2. The van der Waals surface area contributed by atoms with E-state index in [2.05, 4.69) is 55.5 Å². The summed E-state index contributed by atoms with van der Waals surface area (Å²) in [5.41, 5.74) is 5.57. The van der Waals surface area contributed by atoms with Crippen molar-refractivity contribution in [2.75, 3.05) is 0 Å². The monoisotopic (exact) mass is 600 g/mol. The van der Waals surface area contributed by atoms with Crippen LogP contribution < -0.4 is 11.2 Å². The van der Waals surface area contributed by atoms with Gasteiger partial charge in [0, 0.05) is 31.1 Å². The van der Waals surface area contributed by atoms with E-state index in [9.17, 15) is 9.59 Å². The number of tetrazole rings is 1. The Morgan fingerprint density at radius 1 is 0.800 bits per heavy atom. The molecule has 3 aromatic carbocycles. The molecule has 0 atom stereocenters. The van der Waals surface area contributed by atoms with E-state index in [0.29, 0.717) is 43.0 Å². The second-order valence-corrected chi connectivity index (χ2v) is 11.8. The lowest BCUT2D eigenvalue weighted by Crippen LogP contribution is -2.41. The Hall–Kier alpha value is -5.12. The quantitative estimate of drug-likeness (QED) is 0.232. The van der Waals surface area contributed by atoms with Crippen LogP contribution in [0.2, 0.25) is 0 Å². The van der Waals surface area contributed by atoms with Crippen molar-refractivity contribution >= 4 is 11.2 Å². The molecule has 0 spiro atoms. The number of fused-ring (bicyclic) bond motifs is 1. The van der Waals surface area contributed by atoms with Crippen molar-refractivity contribution in [3.63, 3.8) is 0 Å². The second kappa shape index (κ2) is 12.5. The molecule has 1 N–H and O–H groups in total. The van der Waals surface area contributed by atoms with Crippen molar-refractivity contribution in [1.29, 1.82) is 0 Å². The van der Waals surface area contributed by atoms with E-state index in [-0.39, 0.29) is 17.2 Å². The molecule has 1 fully saturated rings. The van der Waals surface area contributed by atoms with Gasteiger partial charge in [-0.05, 0) is 58.9 Å². The summed E-state index contributed by atoms with van der Waals surface area (Å²) in [5.74, 6) is 1.78. The van der Waals surface area contributed by atoms with Gasteiger partial charge in [-0.3, -0.25) is 13.9 Å². The van der Waals surface area contributed by atoms with Gasteiger partial charge < -0.3 is 4.57 Å². The van der Waals surface area contributed by atoms with E-state index >= 15 is 0 Å². The van der Waals surface area contributed by atoms with Gasteiger partial charge in [-0.15, -0.1) is 5.10 Å². The van der Waals surface area contributed by atoms with Gasteiger partial charge in [-0.25, -0.2) is 14.9 Å². The molecule has 1 aliphatic rings. The van der Waals surface area contributed by atoms with Gasteiger partial charge in [-0.1, -0.05) is 98.1 Å². The van der Waals surface area contributed by atoms with Crippen LogP contribution in [0.3, 0.4) is 0 Å². The Morgan fingerprint density at radius 2 is 1.53 bits per heavy atom. The van der Waals surface area contributed by atoms with Gasteiger partial charge in [-0.2, -0.15) is 0 Å². The fourth-order valence-corrected chi connectivity index (χ4v) is 6.69. The van der Waals surface area contributed by atoms with E-state index in [4.69, 9.17) is 4.98 Å². The highest BCUT2D eigenvalue weighted by Gasteiger charge is 2.27. The number of benzene rings is 3. The first-order valence-corrected chi connectivity index (χ1v) is 15.8. The zero-order valence-corrected chi connectivity index (χ0v) is 25.4. The molecule has 1 aliphatic carbocycles. The van der Waals surface area contributed by atoms with Crippen LogP contribution >= 0.6 is 0 Å². The molecule has 3 heterocycles. The van der Waals surface area contributed by atoms with Crippen molar-refractivity contribution in [3.8, 4) is 22.5 Å².